The molecule has 104 valence electrons. The van der Waals surface area contributed by atoms with Crippen LogP contribution >= 0.6 is 0 Å². The van der Waals surface area contributed by atoms with Crippen LogP contribution < -0.4 is 5.32 Å². The number of nitrogens with one attached hydrogen (secondary N) is 1. The fourth-order valence-corrected chi connectivity index (χ4v) is 3.77. The van der Waals surface area contributed by atoms with Gasteiger partial charge in [-0.15, -0.1) is 0 Å². The maximum Gasteiger partial charge on any atom is 0.0763 e. The highest BCUT2D eigenvalue weighted by Gasteiger charge is 2.31. The lowest BCUT2D eigenvalue weighted by Crippen LogP contribution is -2.41. The molecule has 2 aliphatic rings. The van der Waals surface area contributed by atoms with Gasteiger partial charge < -0.3 is 10.4 Å². The van der Waals surface area contributed by atoms with Crippen LogP contribution in [0.1, 0.15) is 55.7 Å². The summed E-state index contributed by atoms with van der Waals surface area (Å²) < 4.78 is 0. The third kappa shape index (κ3) is 2.85. The molecule has 2 nitrogen and oxygen atoms in total. The van der Waals surface area contributed by atoms with Gasteiger partial charge in [-0.05, 0) is 42.9 Å². The van der Waals surface area contributed by atoms with Crippen molar-refractivity contribution in [2.45, 2.75) is 57.1 Å². The molecule has 0 radical (unpaired) electrons. The predicted octanol–water partition coefficient (Wildman–Crippen LogP) is 3.20. The minimum Gasteiger partial charge on any atom is -0.391 e. The number of aliphatic hydroxyl groups excluding tert-OH is 1. The van der Waals surface area contributed by atoms with Crippen LogP contribution in [0.4, 0.5) is 0 Å². The van der Waals surface area contributed by atoms with E-state index >= 15 is 0 Å². The van der Waals surface area contributed by atoms with Crippen molar-refractivity contribution in [3.05, 3.63) is 35.4 Å². The maximum atomic E-state index is 10.8. The summed E-state index contributed by atoms with van der Waals surface area (Å²) in [6.45, 7) is 0.992. The Morgan fingerprint density at radius 2 is 1.79 bits per heavy atom. The van der Waals surface area contributed by atoms with Gasteiger partial charge in [-0.1, -0.05) is 49.9 Å². The first-order valence-corrected chi connectivity index (χ1v) is 7.85. The van der Waals surface area contributed by atoms with E-state index in [-0.39, 0.29) is 12.1 Å². The Balaban J connectivity index is 1.78. The SMILES string of the molecule is OC(C1CCCCCC1)C1NCCc2ccccc21. The number of fused-ring (bicyclic) bond motifs is 1. The Bertz CT molecular complexity index is 409. The zero-order chi connectivity index (χ0) is 13.1. The summed E-state index contributed by atoms with van der Waals surface area (Å²) in [6.07, 6.45) is 8.52. The minimum atomic E-state index is -0.223. The first-order valence-electron chi connectivity index (χ1n) is 7.85. The Morgan fingerprint density at radius 3 is 2.58 bits per heavy atom. The Morgan fingerprint density at radius 1 is 1.05 bits per heavy atom. The van der Waals surface area contributed by atoms with Gasteiger partial charge >= 0.3 is 0 Å². The second kappa shape index (κ2) is 6.06. The molecule has 2 N–H and O–H groups in total. The molecular weight excluding hydrogens is 234 g/mol. The van der Waals surface area contributed by atoms with Crippen molar-refractivity contribution in [2.75, 3.05) is 6.54 Å². The molecule has 1 saturated carbocycles. The molecule has 1 aliphatic carbocycles. The molecule has 0 bridgehead atoms. The van der Waals surface area contributed by atoms with E-state index < -0.39 is 0 Å². The van der Waals surface area contributed by atoms with Gasteiger partial charge in [0, 0.05) is 0 Å². The van der Waals surface area contributed by atoms with Gasteiger partial charge in [-0.25, -0.2) is 0 Å². The molecule has 1 aromatic rings. The minimum absolute atomic E-state index is 0.146. The maximum absolute atomic E-state index is 10.8. The Labute approximate surface area is 116 Å². The average Bonchev–Trinajstić information content (AvgIpc) is 2.75. The van der Waals surface area contributed by atoms with Crippen molar-refractivity contribution in [1.29, 1.82) is 0 Å². The van der Waals surface area contributed by atoms with Crippen molar-refractivity contribution in [2.24, 2.45) is 5.92 Å². The summed E-state index contributed by atoms with van der Waals surface area (Å²) in [5.74, 6) is 0.478. The quantitative estimate of drug-likeness (QED) is 0.799. The highest BCUT2D eigenvalue weighted by atomic mass is 16.3. The van der Waals surface area contributed by atoms with E-state index in [1.54, 1.807) is 0 Å². The predicted molar refractivity (Wildman–Crippen MR) is 78.1 cm³/mol. The van der Waals surface area contributed by atoms with E-state index in [4.69, 9.17) is 0 Å². The van der Waals surface area contributed by atoms with Crippen LogP contribution in [0.2, 0.25) is 0 Å². The largest absolute Gasteiger partial charge is 0.391 e. The van der Waals surface area contributed by atoms with Crippen molar-refractivity contribution < 1.29 is 5.11 Å². The van der Waals surface area contributed by atoms with E-state index in [0.29, 0.717) is 5.92 Å². The zero-order valence-corrected chi connectivity index (χ0v) is 11.6. The fraction of sp³-hybridized carbons (Fsp3) is 0.647. The molecule has 0 saturated heterocycles. The van der Waals surface area contributed by atoms with Gasteiger partial charge in [0.2, 0.25) is 0 Å². The first-order chi connectivity index (χ1) is 9.36. The van der Waals surface area contributed by atoms with Crippen LogP contribution in [0.15, 0.2) is 24.3 Å². The highest BCUT2D eigenvalue weighted by molar-refractivity contribution is 5.33. The molecule has 1 aromatic carbocycles. The average molecular weight is 259 g/mol. The van der Waals surface area contributed by atoms with Crippen LogP contribution in [-0.4, -0.2) is 17.8 Å². The lowest BCUT2D eigenvalue weighted by molar-refractivity contribution is 0.0582. The molecule has 2 unspecified atom stereocenters. The summed E-state index contributed by atoms with van der Waals surface area (Å²) in [5.41, 5.74) is 2.74. The van der Waals surface area contributed by atoms with Gasteiger partial charge in [0.1, 0.15) is 0 Å². The Kier molecular flexibility index (Phi) is 4.19. The van der Waals surface area contributed by atoms with Gasteiger partial charge in [-0.2, -0.15) is 0 Å². The van der Waals surface area contributed by atoms with Crippen molar-refractivity contribution >= 4 is 0 Å². The number of rotatable bonds is 2. The van der Waals surface area contributed by atoms with E-state index in [1.807, 2.05) is 0 Å². The molecule has 2 atom stereocenters. The fourth-order valence-electron chi connectivity index (χ4n) is 3.77. The molecular formula is C17H25NO. The zero-order valence-electron chi connectivity index (χ0n) is 11.6. The summed E-state index contributed by atoms with van der Waals surface area (Å²) in [6, 6.07) is 8.75. The third-order valence-corrected chi connectivity index (χ3v) is 4.87. The molecule has 1 heterocycles. The second-order valence-corrected chi connectivity index (χ2v) is 6.12. The molecule has 3 rings (SSSR count). The van der Waals surface area contributed by atoms with Crippen LogP contribution in [0.5, 0.6) is 0 Å². The van der Waals surface area contributed by atoms with Crippen molar-refractivity contribution in [3.63, 3.8) is 0 Å². The van der Waals surface area contributed by atoms with E-state index in [2.05, 4.69) is 29.6 Å². The first kappa shape index (κ1) is 13.1. The molecule has 19 heavy (non-hydrogen) atoms. The number of hydrogen-bond acceptors (Lipinski definition) is 2. The number of benzene rings is 1. The van der Waals surface area contributed by atoms with Crippen molar-refractivity contribution in [3.8, 4) is 0 Å². The lowest BCUT2D eigenvalue weighted by atomic mass is 9.83. The molecule has 2 heteroatoms. The molecule has 0 aromatic heterocycles. The van der Waals surface area contributed by atoms with Gasteiger partial charge in [0.25, 0.3) is 0 Å². The summed E-state index contributed by atoms with van der Waals surface area (Å²) in [4.78, 5) is 0. The van der Waals surface area contributed by atoms with Gasteiger partial charge in [0.15, 0.2) is 0 Å². The third-order valence-electron chi connectivity index (χ3n) is 4.87. The van der Waals surface area contributed by atoms with E-state index in [1.165, 1.54) is 49.7 Å². The van der Waals surface area contributed by atoms with Gasteiger partial charge in [-0.3, -0.25) is 0 Å². The molecule has 0 spiro atoms. The molecule has 1 fully saturated rings. The van der Waals surface area contributed by atoms with Gasteiger partial charge in [0.05, 0.1) is 12.1 Å². The Hall–Kier alpha value is -0.860. The molecule has 0 amide bonds. The standard InChI is InChI=1S/C17H25NO/c19-17(14-8-3-1-2-4-9-14)16-15-10-6-5-7-13(15)11-12-18-16/h5-7,10,14,16-19H,1-4,8-9,11-12H2. The summed E-state index contributed by atoms with van der Waals surface area (Å²) in [5, 5.41) is 14.4. The smallest absolute Gasteiger partial charge is 0.0763 e. The second-order valence-electron chi connectivity index (χ2n) is 6.12. The van der Waals surface area contributed by atoms with Crippen LogP contribution in [0, 0.1) is 5.92 Å². The monoisotopic (exact) mass is 259 g/mol. The van der Waals surface area contributed by atoms with Crippen LogP contribution in [0.3, 0.4) is 0 Å². The number of aliphatic hydroxyl groups is 1. The van der Waals surface area contributed by atoms with Crippen molar-refractivity contribution in [1.82, 2.24) is 5.32 Å². The van der Waals surface area contributed by atoms with Crippen LogP contribution in [0.25, 0.3) is 0 Å². The normalized spacial score (nSPS) is 26.5. The highest BCUT2D eigenvalue weighted by Crippen LogP contribution is 2.34. The topological polar surface area (TPSA) is 32.3 Å². The summed E-state index contributed by atoms with van der Waals surface area (Å²) in [7, 11) is 0. The summed E-state index contributed by atoms with van der Waals surface area (Å²) >= 11 is 0. The van der Waals surface area contributed by atoms with E-state index in [0.717, 1.165) is 13.0 Å². The van der Waals surface area contributed by atoms with E-state index in [9.17, 15) is 5.11 Å². The number of hydrogen-bond donors (Lipinski definition) is 2. The van der Waals surface area contributed by atoms with Crippen LogP contribution in [-0.2, 0) is 6.42 Å². The lowest BCUT2D eigenvalue weighted by Gasteiger charge is -2.34. The molecule has 1 aliphatic heterocycles.